The minimum absolute atomic E-state index is 0.141. The Hall–Kier alpha value is -3.22. The van der Waals surface area contributed by atoms with Crippen molar-refractivity contribution in [3.05, 3.63) is 59.4 Å². The van der Waals surface area contributed by atoms with E-state index in [1.807, 2.05) is 0 Å². The quantitative estimate of drug-likeness (QED) is 0.395. The lowest BCUT2D eigenvalue weighted by molar-refractivity contribution is -0.118. The predicted molar refractivity (Wildman–Crippen MR) is 85.8 cm³/mol. The number of benzene rings is 2. The van der Waals surface area contributed by atoms with Gasteiger partial charge >= 0.3 is 5.97 Å². The first-order chi connectivity index (χ1) is 11.5. The molecule has 0 unspecified atom stereocenters. The first-order valence-corrected chi connectivity index (χ1v) is 6.95. The Morgan fingerprint density at radius 2 is 1.92 bits per heavy atom. The topological polar surface area (TPSA) is 77.0 Å². The number of amides is 1. The van der Waals surface area contributed by atoms with Gasteiger partial charge in [-0.2, -0.15) is 5.10 Å². The maximum Gasteiger partial charge on any atom is 0.346 e. The summed E-state index contributed by atoms with van der Waals surface area (Å²) in [6.45, 7) is 1.34. The average molecular weight is 330 g/mol. The number of methoxy groups -OCH3 is 1. The molecule has 0 bridgehead atoms. The first-order valence-electron chi connectivity index (χ1n) is 6.95. The summed E-state index contributed by atoms with van der Waals surface area (Å²) < 4.78 is 24.0. The molecule has 6 nitrogen and oxygen atoms in total. The van der Waals surface area contributed by atoms with Gasteiger partial charge in [0.05, 0.1) is 18.9 Å². The van der Waals surface area contributed by atoms with E-state index >= 15 is 0 Å². The predicted octanol–water partition coefficient (Wildman–Crippen LogP) is 2.52. The number of ether oxygens (including phenoxy) is 2. The van der Waals surface area contributed by atoms with Gasteiger partial charge in [-0.05, 0) is 35.9 Å². The van der Waals surface area contributed by atoms with Crippen molar-refractivity contribution in [3.63, 3.8) is 0 Å². The number of carbonyl (C=O) groups is 2. The van der Waals surface area contributed by atoms with Gasteiger partial charge in [-0.15, -0.1) is 0 Å². The average Bonchev–Trinajstić information content (AvgIpc) is 2.56. The Kier molecular flexibility index (Phi) is 5.62. The second-order valence-corrected chi connectivity index (χ2v) is 4.71. The van der Waals surface area contributed by atoms with Crippen LogP contribution in [0, 0.1) is 5.82 Å². The molecule has 1 N–H and O–H groups in total. The number of hydrazone groups is 1. The lowest BCUT2D eigenvalue weighted by atomic mass is 10.2. The third kappa shape index (κ3) is 4.39. The maximum atomic E-state index is 13.6. The van der Waals surface area contributed by atoms with Crippen LogP contribution in [-0.2, 0) is 4.79 Å². The van der Waals surface area contributed by atoms with Crippen molar-refractivity contribution in [2.24, 2.45) is 5.10 Å². The van der Waals surface area contributed by atoms with Gasteiger partial charge in [-0.1, -0.05) is 12.1 Å². The lowest BCUT2D eigenvalue weighted by Gasteiger charge is -2.10. The van der Waals surface area contributed by atoms with Crippen LogP contribution < -0.4 is 14.9 Å². The van der Waals surface area contributed by atoms with Crippen LogP contribution in [0.3, 0.4) is 0 Å². The number of nitrogens with one attached hydrogen (secondary N) is 1. The fourth-order valence-electron chi connectivity index (χ4n) is 1.83. The summed E-state index contributed by atoms with van der Waals surface area (Å²) in [6, 6.07) is 10.2. The molecular formula is C17H15FN2O4. The summed E-state index contributed by atoms with van der Waals surface area (Å²) >= 11 is 0. The van der Waals surface area contributed by atoms with Crippen molar-refractivity contribution in [2.45, 2.75) is 6.92 Å². The number of rotatable bonds is 5. The summed E-state index contributed by atoms with van der Waals surface area (Å²) in [7, 11) is 1.41. The normalized spacial score (nSPS) is 10.5. The van der Waals surface area contributed by atoms with Crippen LogP contribution >= 0.6 is 0 Å². The lowest BCUT2D eigenvalue weighted by Crippen LogP contribution is -2.12. The standard InChI is InChI=1S/C17H15FN2O4/c1-11(21)20-19-10-12-7-8-15(16(9-12)23-2)24-17(22)13-5-3-4-6-14(13)18/h3-10H,1-2H3,(H,20,21)/b19-10-. The highest BCUT2D eigenvalue weighted by atomic mass is 19.1. The van der Waals surface area contributed by atoms with Gasteiger partial charge in [0.25, 0.3) is 0 Å². The van der Waals surface area contributed by atoms with Crippen molar-refractivity contribution in [3.8, 4) is 11.5 Å². The first kappa shape index (κ1) is 17.1. The molecular weight excluding hydrogens is 315 g/mol. The van der Waals surface area contributed by atoms with Crippen molar-refractivity contribution < 1.29 is 23.5 Å². The Morgan fingerprint density at radius 1 is 1.17 bits per heavy atom. The molecule has 0 atom stereocenters. The van der Waals surface area contributed by atoms with E-state index in [1.165, 1.54) is 44.5 Å². The van der Waals surface area contributed by atoms with Crippen LogP contribution in [0.15, 0.2) is 47.6 Å². The number of halogens is 1. The molecule has 124 valence electrons. The Balaban J connectivity index is 2.19. The number of esters is 1. The number of hydrogen-bond acceptors (Lipinski definition) is 5. The van der Waals surface area contributed by atoms with Gasteiger partial charge < -0.3 is 9.47 Å². The molecule has 7 heteroatoms. The zero-order valence-corrected chi connectivity index (χ0v) is 13.1. The van der Waals surface area contributed by atoms with E-state index in [9.17, 15) is 14.0 Å². The molecule has 0 fully saturated rings. The van der Waals surface area contributed by atoms with E-state index in [2.05, 4.69) is 10.5 Å². The number of nitrogens with zero attached hydrogens (tertiary/aromatic N) is 1. The molecule has 24 heavy (non-hydrogen) atoms. The van der Waals surface area contributed by atoms with Crippen molar-refractivity contribution in [1.82, 2.24) is 5.43 Å². The third-order valence-corrected chi connectivity index (χ3v) is 2.92. The van der Waals surface area contributed by atoms with Crippen LogP contribution in [0.1, 0.15) is 22.8 Å². The summed E-state index contributed by atoms with van der Waals surface area (Å²) in [5, 5.41) is 3.73. The van der Waals surface area contributed by atoms with Crippen LogP contribution in [0.25, 0.3) is 0 Å². The highest BCUT2D eigenvalue weighted by molar-refractivity contribution is 5.92. The van der Waals surface area contributed by atoms with E-state index < -0.39 is 11.8 Å². The van der Waals surface area contributed by atoms with Crippen LogP contribution in [0.2, 0.25) is 0 Å². The third-order valence-electron chi connectivity index (χ3n) is 2.92. The van der Waals surface area contributed by atoms with E-state index in [4.69, 9.17) is 9.47 Å². The second kappa shape index (κ2) is 7.87. The fraction of sp³-hybridized carbons (Fsp3) is 0.118. The van der Waals surface area contributed by atoms with E-state index in [0.29, 0.717) is 5.56 Å². The highest BCUT2D eigenvalue weighted by Gasteiger charge is 2.16. The summed E-state index contributed by atoms with van der Waals surface area (Å²) in [5.41, 5.74) is 2.72. The highest BCUT2D eigenvalue weighted by Crippen LogP contribution is 2.28. The van der Waals surface area contributed by atoms with Crippen molar-refractivity contribution in [1.29, 1.82) is 0 Å². The van der Waals surface area contributed by atoms with Gasteiger partial charge in [-0.25, -0.2) is 14.6 Å². The van der Waals surface area contributed by atoms with Crippen molar-refractivity contribution >= 4 is 18.1 Å². The molecule has 0 aliphatic rings. The maximum absolute atomic E-state index is 13.6. The Bertz CT molecular complexity index is 790. The Morgan fingerprint density at radius 3 is 2.58 bits per heavy atom. The van der Waals surface area contributed by atoms with Gasteiger partial charge in [0, 0.05) is 6.92 Å². The smallest absolute Gasteiger partial charge is 0.346 e. The molecule has 2 rings (SSSR count). The van der Waals surface area contributed by atoms with Gasteiger partial charge in [0.2, 0.25) is 5.91 Å². The summed E-state index contributed by atoms with van der Waals surface area (Å²) in [5.74, 6) is -1.38. The molecule has 0 radical (unpaired) electrons. The van der Waals surface area contributed by atoms with E-state index in [1.54, 1.807) is 18.2 Å². The molecule has 0 saturated heterocycles. The molecule has 1 amide bonds. The zero-order valence-electron chi connectivity index (χ0n) is 13.1. The molecule has 0 aliphatic carbocycles. The number of carbonyl (C=O) groups excluding carboxylic acids is 2. The van der Waals surface area contributed by atoms with Crippen LogP contribution in [0.5, 0.6) is 11.5 Å². The second-order valence-electron chi connectivity index (χ2n) is 4.71. The zero-order chi connectivity index (χ0) is 17.5. The van der Waals surface area contributed by atoms with Crippen molar-refractivity contribution in [2.75, 3.05) is 7.11 Å². The molecule has 0 heterocycles. The molecule has 0 spiro atoms. The summed E-state index contributed by atoms with van der Waals surface area (Å²) in [6.07, 6.45) is 1.41. The van der Waals surface area contributed by atoms with Crippen LogP contribution in [0.4, 0.5) is 4.39 Å². The molecule has 0 saturated carbocycles. The molecule has 2 aromatic rings. The largest absolute Gasteiger partial charge is 0.493 e. The van der Waals surface area contributed by atoms with E-state index in [-0.39, 0.29) is 23.0 Å². The fourth-order valence-corrected chi connectivity index (χ4v) is 1.83. The van der Waals surface area contributed by atoms with Gasteiger partial charge in [0.1, 0.15) is 5.82 Å². The van der Waals surface area contributed by atoms with Gasteiger partial charge in [-0.3, -0.25) is 4.79 Å². The molecule has 0 aliphatic heterocycles. The SMILES string of the molecule is COc1cc(/C=N\NC(C)=O)ccc1OC(=O)c1ccccc1F. The van der Waals surface area contributed by atoms with Gasteiger partial charge in [0.15, 0.2) is 11.5 Å². The Labute approximate surface area is 137 Å². The molecule has 0 aromatic heterocycles. The minimum Gasteiger partial charge on any atom is -0.493 e. The minimum atomic E-state index is -0.828. The van der Waals surface area contributed by atoms with E-state index in [0.717, 1.165) is 0 Å². The van der Waals surface area contributed by atoms with Crippen LogP contribution in [-0.4, -0.2) is 25.2 Å². The molecule has 2 aromatic carbocycles. The monoisotopic (exact) mass is 330 g/mol. The number of hydrogen-bond donors (Lipinski definition) is 1. The summed E-state index contributed by atoms with van der Waals surface area (Å²) in [4.78, 5) is 22.8.